The van der Waals surface area contributed by atoms with Crippen LogP contribution in [0.25, 0.3) is 0 Å². The fourth-order valence-corrected chi connectivity index (χ4v) is 4.41. The van der Waals surface area contributed by atoms with E-state index in [1.165, 1.54) is 6.07 Å². The molecule has 0 aliphatic carbocycles. The second-order valence-electron chi connectivity index (χ2n) is 8.44. The van der Waals surface area contributed by atoms with Gasteiger partial charge in [-0.3, -0.25) is 0 Å². The Bertz CT molecular complexity index is 664. The van der Waals surface area contributed by atoms with Gasteiger partial charge in [0.15, 0.2) is 11.5 Å². The van der Waals surface area contributed by atoms with Gasteiger partial charge in [-0.25, -0.2) is 0 Å². The number of aliphatic hydroxyl groups is 3. The lowest BCUT2D eigenvalue weighted by atomic mass is 9.56. The number of ether oxygens (including phenoxy) is 1. The van der Waals surface area contributed by atoms with Crippen LogP contribution in [0.15, 0.2) is 18.2 Å². The van der Waals surface area contributed by atoms with E-state index in [1.54, 1.807) is 26.0 Å². The maximum atomic E-state index is 11.6. The summed E-state index contributed by atoms with van der Waals surface area (Å²) < 4.78 is 6.11. The third kappa shape index (κ3) is 3.43. The number of rotatable bonds is 6. The fraction of sp³-hybridized carbons (Fsp3) is 0.700. The number of para-hydroxylation sites is 1. The van der Waals surface area contributed by atoms with Gasteiger partial charge in [0.05, 0.1) is 31.0 Å². The molecule has 1 fully saturated rings. The largest absolute Gasteiger partial charge is 0.504 e. The van der Waals surface area contributed by atoms with Crippen LogP contribution in [0.1, 0.15) is 40.2 Å². The lowest BCUT2D eigenvalue weighted by Crippen LogP contribution is -2.77. The van der Waals surface area contributed by atoms with Gasteiger partial charge < -0.3 is 35.6 Å². The number of aliphatic hydroxyl groups excluding tert-OH is 2. The zero-order valence-corrected chi connectivity index (χ0v) is 16.7. The van der Waals surface area contributed by atoms with Gasteiger partial charge in [0.1, 0.15) is 5.60 Å². The summed E-state index contributed by atoms with van der Waals surface area (Å²) in [5.74, 6) is -0.475. The van der Waals surface area contributed by atoms with E-state index in [0.29, 0.717) is 5.56 Å². The molecular formula is C20H33NO6. The van der Waals surface area contributed by atoms with Crippen molar-refractivity contribution in [1.82, 2.24) is 5.32 Å². The van der Waals surface area contributed by atoms with Crippen molar-refractivity contribution in [3.8, 4) is 11.5 Å². The lowest BCUT2D eigenvalue weighted by molar-refractivity contribution is -0.301. The summed E-state index contributed by atoms with van der Waals surface area (Å²) in [6.07, 6.45) is -0.656. The molecule has 0 aromatic heterocycles. The van der Waals surface area contributed by atoms with Gasteiger partial charge in [-0.15, -0.1) is 0 Å². The standard InChI is InChI=1S/C20H33NO6/c1-12(2)19(4)15(10-22)27-18(3,11-23)17(20(19,5)26)21-9-13-7-6-8-14(24)16(13)25/h6-8,12,15,17,21-26H,9-11H2,1-5H3/t15?,17-,18?,19?,20?/m1/s1. The molecule has 4 unspecified atom stereocenters. The van der Waals surface area contributed by atoms with Gasteiger partial charge in [-0.05, 0) is 25.8 Å². The molecule has 27 heavy (non-hydrogen) atoms. The van der Waals surface area contributed by atoms with Crippen LogP contribution in [0.3, 0.4) is 0 Å². The molecule has 1 heterocycles. The first kappa shape index (κ1) is 21.9. The highest BCUT2D eigenvalue weighted by Gasteiger charge is 2.64. The van der Waals surface area contributed by atoms with Crippen LogP contribution >= 0.6 is 0 Å². The van der Waals surface area contributed by atoms with Crippen molar-refractivity contribution >= 4 is 0 Å². The summed E-state index contributed by atoms with van der Waals surface area (Å²) in [6.45, 7) is 8.67. The van der Waals surface area contributed by atoms with Crippen molar-refractivity contribution < 1.29 is 30.3 Å². The number of benzene rings is 1. The Hall–Kier alpha value is -1.38. The first-order chi connectivity index (χ1) is 12.5. The molecule has 0 bridgehead atoms. The number of aromatic hydroxyl groups is 2. The van der Waals surface area contributed by atoms with Crippen LogP contribution in [0.2, 0.25) is 0 Å². The monoisotopic (exact) mass is 383 g/mol. The maximum absolute atomic E-state index is 11.6. The highest BCUT2D eigenvalue weighted by Crippen LogP contribution is 2.52. The molecule has 0 amide bonds. The number of hydrogen-bond acceptors (Lipinski definition) is 7. The average Bonchev–Trinajstić information content (AvgIpc) is 2.61. The number of hydrogen-bond donors (Lipinski definition) is 6. The maximum Gasteiger partial charge on any atom is 0.161 e. The Balaban J connectivity index is 2.42. The van der Waals surface area contributed by atoms with E-state index < -0.39 is 28.8 Å². The molecule has 154 valence electrons. The molecular weight excluding hydrogens is 350 g/mol. The van der Waals surface area contributed by atoms with Gasteiger partial charge in [0.2, 0.25) is 0 Å². The van der Waals surface area contributed by atoms with Crippen LogP contribution in [-0.4, -0.2) is 62.1 Å². The second kappa shape index (κ2) is 7.56. The molecule has 2 rings (SSSR count). The predicted molar refractivity (Wildman–Crippen MR) is 101 cm³/mol. The van der Waals surface area contributed by atoms with Crippen molar-refractivity contribution in [3.63, 3.8) is 0 Å². The molecule has 0 radical (unpaired) electrons. The Labute approximate surface area is 160 Å². The SMILES string of the molecule is CC(C)C1(C)C(CO)OC(C)(CO)[C@@H](NCc2cccc(O)c2O)C1(C)O. The normalized spacial score (nSPS) is 36.9. The van der Waals surface area contributed by atoms with Crippen molar-refractivity contribution in [2.45, 2.75) is 64.5 Å². The van der Waals surface area contributed by atoms with E-state index in [1.807, 2.05) is 20.8 Å². The lowest BCUT2D eigenvalue weighted by Gasteiger charge is -2.62. The molecule has 1 aromatic carbocycles. The molecule has 5 atom stereocenters. The van der Waals surface area contributed by atoms with E-state index in [0.717, 1.165) is 0 Å². The molecule has 1 aliphatic heterocycles. The summed E-state index contributed by atoms with van der Waals surface area (Å²) in [4.78, 5) is 0. The Morgan fingerprint density at radius 3 is 2.30 bits per heavy atom. The molecule has 6 N–H and O–H groups in total. The molecule has 1 saturated heterocycles. The van der Waals surface area contributed by atoms with Crippen LogP contribution in [0.4, 0.5) is 0 Å². The predicted octanol–water partition coefficient (Wildman–Crippen LogP) is 1.11. The number of phenols is 2. The highest BCUT2D eigenvalue weighted by atomic mass is 16.5. The smallest absolute Gasteiger partial charge is 0.161 e. The Morgan fingerprint density at radius 2 is 1.78 bits per heavy atom. The van der Waals surface area contributed by atoms with Crippen molar-refractivity contribution in [1.29, 1.82) is 0 Å². The zero-order chi connectivity index (χ0) is 20.6. The van der Waals surface area contributed by atoms with Crippen LogP contribution in [0.5, 0.6) is 11.5 Å². The summed E-state index contributed by atoms with van der Waals surface area (Å²) in [7, 11) is 0. The summed E-state index contributed by atoms with van der Waals surface area (Å²) in [5, 5.41) is 54.5. The molecule has 1 aromatic rings. The highest BCUT2D eigenvalue weighted by molar-refractivity contribution is 5.44. The van der Waals surface area contributed by atoms with E-state index in [-0.39, 0.29) is 37.2 Å². The third-order valence-corrected chi connectivity index (χ3v) is 6.62. The minimum Gasteiger partial charge on any atom is -0.504 e. The zero-order valence-electron chi connectivity index (χ0n) is 16.7. The van der Waals surface area contributed by atoms with Crippen molar-refractivity contribution in [3.05, 3.63) is 23.8 Å². The molecule has 7 heteroatoms. The minimum atomic E-state index is -1.35. The van der Waals surface area contributed by atoms with Crippen LogP contribution in [-0.2, 0) is 11.3 Å². The van der Waals surface area contributed by atoms with Gasteiger partial charge in [0, 0.05) is 17.5 Å². The average molecular weight is 383 g/mol. The van der Waals surface area contributed by atoms with Gasteiger partial charge in [-0.2, -0.15) is 0 Å². The van der Waals surface area contributed by atoms with E-state index in [4.69, 9.17) is 4.74 Å². The van der Waals surface area contributed by atoms with Gasteiger partial charge in [-0.1, -0.05) is 32.9 Å². The summed E-state index contributed by atoms with van der Waals surface area (Å²) >= 11 is 0. The van der Waals surface area contributed by atoms with Crippen molar-refractivity contribution in [2.75, 3.05) is 13.2 Å². The molecule has 0 saturated carbocycles. The molecule has 7 nitrogen and oxygen atoms in total. The first-order valence-electron chi connectivity index (χ1n) is 9.30. The fourth-order valence-electron chi connectivity index (χ4n) is 4.41. The van der Waals surface area contributed by atoms with E-state index >= 15 is 0 Å². The van der Waals surface area contributed by atoms with E-state index in [2.05, 4.69) is 5.32 Å². The number of phenolic OH excluding ortho intramolecular Hbond substituents is 2. The Morgan fingerprint density at radius 1 is 1.15 bits per heavy atom. The first-order valence-corrected chi connectivity index (χ1v) is 9.30. The van der Waals surface area contributed by atoms with Crippen molar-refractivity contribution in [2.24, 2.45) is 11.3 Å². The Kier molecular flexibility index (Phi) is 6.14. The molecule has 0 spiro atoms. The van der Waals surface area contributed by atoms with Gasteiger partial charge in [0.25, 0.3) is 0 Å². The topological polar surface area (TPSA) is 122 Å². The van der Waals surface area contributed by atoms with Gasteiger partial charge >= 0.3 is 0 Å². The third-order valence-electron chi connectivity index (χ3n) is 6.62. The second-order valence-corrected chi connectivity index (χ2v) is 8.44. The summed E-state index contributed by atoms with van der Waals surface area (Å²) in [5.41, 5.74) is -2.84. The van der Waals surface area contributed by atoms with E-state index in [9.17, 15) is 25.5 Å². The summed E-state index contributed by atoms with van der Waals surface area (Å²) in [6, 6.07) is 3.96. The molecule has 1 aliphatic rings. The minimum absolute atomic E-state index is 0.0219. The number of nitrogens with one attached hydrogen (secondary N) is 1. The van der Waals surface area contributed by atoms with Crippen LogP contribution < -0.4 is 5.32 Å². The quantitative estimate of drug-likeness (QED) is 0.407. The van der Waals surface area contributed by atoms with Crippen LogP contribution in [0, 0.1) is 11.3 Å².